The largest absolute Gasteiger partial charge is 0.491 e. The van der Waals surface area contributed by atoms with Gasteiger partial charge in [-0.2, -0.15) is 0 Å². The Morgan fingerprint density at radius 3 is 2.26 bits per heavy atom. The van der Waals surface area contributed by atoms with Crippen LogP contribution in [0.1, 0.15) is 6.42 Å². The molecule has 0 spiro atoms. The molecule has 1 fully saturated rings. The van der Waals surface area contributed by atoms with E-state index in [9.17, 15) is 23.5 Å². The highest BCUT2D eigenvalue weighted by molar-refractivity contribution is 5.96. The van der Waals surface area contributed by atoms with Gasteiger partial charge in [0.15, 0.2) is 17.4 Å². The number of amides is 1. The Hall–Kier alpha value is -2.44. The van der Waals surface area contributed by atoms with Gasteiger partial charge < -0.3 is 15.2 Å². The zero-order valence-electron chi connectivity index (χ0n) is 12.3. The number of carboxylic acids is 1. The first kappa shape index (κ1) is 15.5. The minimum Gasteiger partial charge on any atom is -0.491 e. The van der Waals surface area contributed by atoms with Crippen molar-refractivity contribution in [1.82, 2.24) is 0 Å². The molecule has 23 heavy (non-hydrogen) atoms. The van der Waals surface area contributed by atoms with Crippen LogP contribution < -0.4 is 10.1 Å². The van der Waals surface area contributed by atoms with E-state index in [0.717, 1.165) is 19.2 Å². The fraction of sp³-hybridized carbons (Fsp3) is 0.375. The second kappa shape index (κ2) is 5.64. The lowest BCUT2D eigenvalue weighted by atomic mass is 9.82. The second-order valence-corrected chi connectivity index (χ2v) is 5.80. The third-order valence-corrected chi connectivity index (χ3v) is 4.52. The number of halogens is 2. The summed E-state index contributed by atoms with van der Waals surface area (Å²) < 4.78 is 31.9. The number of allylic oxidation sites excluding steroid dienone is 2. The van der Waals surface area contributed by atoms with Crippen molar-refractivity contribution in [1.29, 1.82) is 0 Å². The molecule has 2 bridgehead atoms. The molecule has 4 unspecified atom stereocenters. The van der Waals surface area contributed by atoms with Crippen molar-refractivity contribution >= 4 is 17.6 Å². The molecule has 3 rings (SSSR count). The fourth-order valence-corrected chi connectivity index (χ4v) is 3.57. The minimum absolute atomic E-state index is 0.0679. The van der Waals surface area contributed by atoms with Crippen LogP contribution in [0.4, 0.5) is 14.5 Å². The van der Waals surface area contributed by atoms with Crippen molar-refractivity contribution in [3.05, 3.63) is 35.9 Å². The van der Waals surface area contributed by atoms with Crippen LogP contribution in [0.15, 0.2) is 24.3 Å². The van der Waals surface area contributed by atoms with E-state index in [1.807, 2.05) is 12.2 Å². The molecule has 7 heteroatoms. The van der Waals surface area contributed by atoms with Crippen LogP contribution in [0.5, 0.6) is 5.75 Å². The van der Waals surface area contributed by atoms with Crippen LogP contribution in [0, 0.1) is 35.3 Å². The first-order chi connectivity index (χ1) is 10.9. The van der Waals surface area contributed by atoms with E-state index in [2.05, 4.69) is 10.1 Å². The molecule has 2 N–H and O–H groups in total. The molecule has 1 aromatic rings. The van der Waals surface area contributed by atoms with Gasteiger partial charge in [0.25, 0.3) is 0 Å². The number of fused-ring (bicyclic) bond motifs is 2. The lowest BCUT2D eigenvalue weighted by Gasteiger charge is -2.24. The number of benzene rings is 1. The SMILES string of the molecule is COc1c(F)cc(NC(=O)C2C3C=CC(C3)C2C(=O)O)cc1F. The molecule has 4 atom stereocenters. The maximum Gasteiger partial charge on any atom is 0.307 e. The van der Waals surface area contributed by atoms with Crippen molar-refractivity contribution in [3.63, 3.8) is 0 Å². The summed E-state index contributed by atoms with van der Waals surface area (Å²) in [4.78, 5) is 23.8. The van der Waals surface area contributed by atoms with Crippen LogP contribution in [-0.2, 0) is 9.59 Å². The van der Waals surface area contributed by atoms with Crippen molar-refractivity contribution in [2.24, 2.45) is 23.7 Å². The van der Waals surface area contributed by atoms with Crippen molar-refractivity contribution in [2.45, 2.75) is 6.42 Å². The number of nitrogens with one attached hydrogen (secondary N) is 1. The van der Waals surface area contributed by atoms with Gasteiger partial charge in [-0.25, -0.2) is 8.78 Å². The minimum atomic E-state index is -1.03. The Kier molecular flexibility index (Phi) is 3.79. The first-order valence-electron chi connectivity index (χ1n) is 7.17. The van der Waals surface area contributed by atoms with Crippen LogP contribution in [0.3, 0.4) is 0 Å². The van der Waals surface area contributed by atoms with E-state index in [-0.39, 0.29) is 17.5 Å². The Morgan fingerprint density at radius 2 is 1.74 bits per heavy atom. The molecule has 0 heterocycles. The molecule has 5 nitrogen and oxygen atoms in total. The van der Waals surface area contributed by atoms with Crippen LogP contribution in [-0.4, -0.2) is 24.1 Å². The normalized spacial score (nSPS) is 28.0. The average Bonchev–Trinajstić information content (AvgIpc) is 3.07. The highest BCUT2D eigenvalue weighted by atomic mass is 19.1. The van der Waals surface area contributed by atoms with E-state index in [1.165, 1.54) is 0 Å². The molecule has 0 aromatic heterocycles. The Bertz CT molecular complexity index is 680. The van der Waals surface area contributed by atoms with Crippen molar-refractivity contribution < 1.29 is 28.2 Å². The topological polar surface area (TPSA) is 75.6 Å². The van der Waals surface area contributed by atoms with Gasteiger partial charge in [0.2, 0.25) is 5.91 Å². The second-order valence-electron chi connectivity index (χ2n) is 5.80. The number of carbonyl (C=O) groups is 2. The number of hydrogen-bond acceptors (Lipinski definition) is 3. The zero-order chi connectivity index (χ0) is 16.7. The van der Waals surface area contributed by atoms with Crippen molar-refractivity contribution in [2.75, 3.05) is 12.4 Å². The predicted molar refractivity (Wildman–Crippen MR) is 76.9 cm³/mol. The highest BCUT2D eigenvalue weighted by Gasteiger charge is 2.51. The quantitative estimate of drug-likeness (QED) is 0.835. The number of carbonyl (C=O) groups excluding carboxylic acids is 1. The van der Waals surface area contributed by atoms with E-state index < -0.39 is 41.1 Å². The molecule has 0 radical (unpaired) electrons. The molecule has 122 valence electrons. The lowest BCUT2D eigenvalue weighted by Crippen LogP contribution is -2.36. The number of hydrogen-bond donors (Lipinski definition) is 2. The predicted octanol–water partition coefficient (Wildman–Crippen LogP) is 2.43. The van der Waals surface area contributed by atoms with Gasteiger partial charge in [-0.15, -0.1) is 0 Å². The van der Waals surface area contributed by atoms with E-state index >= 15 is 0 Å². The summed E-state index contributed by atoms with van der Waals surface area (Å²) in [6, 6.07) is 1.89. The molecular weight excluding hydrogens is 308 g/mol. The molecule has 1 saturated carbocycles. The van der Waals surface area contributed by atoms with Crippen LogP contribution in [0.25, 0.3) is 0 Å². The third kappa shape index (κ3) is 2.56. The van der Waals surface area contributed by atoms with Crippen molar-refractivity contribution in [3.8, 4) is 5.75 Å². The number of aliphatic carboxylic acids is 1. The average molecular weight is 323 g/mol. The summed E-state index contributed by atoms with van der Waals surface area (Å²) in [5.74, 6) is -5.86. The lowest BCUT2D eigenvalue weighted by molar-refractivity contribution is -0.146. The summed E-state index contributed by atoms with van der Waals surface area (Å²) in [6.07, 6.45) is 4.27. The third-order valence-electron chi connectivity index (χ3n) is 4.52. The Labute approximate surface area is 130 Å². The van der Waals surface area contributed by atoms with Gasteiger partial charge in [0, 0.05) is 17.8 Å². The molecule has 1 aromatic carbocycles. The monoisotopic (exact) mass is 323 g/mol. The molecule has 0 aliphatic heterocycles. The molecule has 2 aliphatic carbocycles. The Morgan fingerprint density at radius 1 is 1.17 bits per heavy atom. The van der Waals surface area contributed by atoms with E-state index in [4.69, 9.17) is 0 Å². The summed E-state index contributed by atoms with van der Waals surface area (Å²) in [6.45, 7) is 0. The van der Waals surface area contributed by atoms with Gasteiger partial charge in [-0.05, 0) is 18.3 Å². The first-order valence-corrected chi connectivity index (χ1v) is 7.17. The van der Waals surface area contributed by atoms with Gasteiger partial charge >= 0.3 is 5.97 Å². The van der Waals surface area contributed by atoms with Crippen LogP contribution in [0.2, 0.25) is 0 Å². The summed E-state index contributed by atoms with van der Waals surface area (Å²) in [5, 5.41) is 11.7. The van der Waals surface area contributed by atoms with E-state index in [0.29, 0.717) is 6.42 Å². The number of rotatable bonds is 4. The fourth-order valence-electron chi connectivity index (χ4n) is 3.57. The summed E-state index contributed by atoms with van der Waals surface area (Å²) >= 11 is 0. The van der Waals surface area contributed by atoms with Gasteiger partial charge in [-0.1, -0.05) is 12.2 Å². The summed E-state index contributed by atoms with van der Waals surface area (Å²) in [5.41, 5.74) is -0.0679. The summed E-state index contributed by atoms with van der Waals surface area (Å²) in [7, 11) is 1.14. The smallest absolute Gasteiger partial charge is 0.307 e. The van der Waals surface area contributed by atoms with Gasteiger partial charge in [-0.3, -0.25) is 9.59 Å². The van der Waals surface area contributed by atoms with Gasteiger partial charge in [0.05, 0.1) is 18.9 Å². The maximum atomic E-state index is 13.7. The highest BCUT2D eigenvalue weighted by Crippen LogP contribution is 2.48. The molecule has 2 aliphatic rings. The van der Waals surface area contributed by atoms with E-state index in [1.54, 1.807) is 0 Å². The maximum absolute atomic E-state index is 13.7. The van der Waals surface area contributed by atoms with Crippen LogP contribution >= 0.6 is 0 Å². The molecule has 1 amide bonds. The van der Waals surface area contributed by atoms with Gasteiger partial charge in [0.1, 0.15) is 0 Å². The standard InChI is InChI=1S/C16H15F2NO4/c1-23-14-10(17)5-9(6-11(14)18)19-15(20)12-7-2-3-8(4-7)13(12)16(21)22/h2-3,5-8,12-13H,4H2,1H3,(H,19,20)(H,21,22). The molecular formula is C16H15F2NO4. The number of ether oxygens (including phenoxy) is 1. The number of carboxylic acid groups (broad SMARTS) is 1. The number of anilines is 1. The molecule has 0 saturated heterocycles. The number of methoxy groups -OCH3 is 1. The zero-order valence-corrected chi connectivity index (χ0v) is 12.3. The Balaban J connectivity index is 1.82.